The second kappa shape index (κ2) is 7.43. The lowest BCUT2D eigenvalue weighted by Gasteiger charge is -2.10. The van der Waals surface area contributed by atoms with Crippen LogP contribution >= 0.6 is 0 Å². The molecule has 7 heteroatoms. The summed E-state index contributed by atoms with van der Waals surface area (Å²) in [6.45, 7) is -0.0332. The molecule has 2 aromatic carbocycles. The first-order chi connectivity index (χ1) is 12.4. The minimum atomic E-state index is -4.73. The molecule has 0 spiro atoms. The molecule has 0 saturated carbocycles. The number of aromatic nitrogens is 1. The van der Waals surface area contributed by atoms with E-state index in [2.05, 4.69) is 9.72 Å². The van der Waals surface area contributed by atoms with Gasteiger partial charge in [-0.3, -0.25) is 4.98 Å². The Bertz CT molecular complexity index is 879. The summed E-state index contributed by atoms with van der Waals surface area (Å²) in [4.78, 5) is 3.91. The number of nitrogens with zero attached hydrogens (tertiary/aromatic N) is 1. The van der Waals surface area contributed by atoms with E-state index in [9.17, 15) is 17.6 Å². The first-order valence-corrected chi connectivity index (χ1v) is 7.59. The summed E-state index contributed by atoms with van der Waals surface area (Å²) in [5.74, 6) is -0.258. The monoisotopic (exact) mass is 363 g/mol. The Morgan fingerprint density at radius 2 is 1.62 bits per heavy atom. The molecule has 0 aliphatic rings. The predicted octanol–water partition coefficient (Wildman–Crippen LogP) is 5.37. The van der Waals surface area contributed by atoms with Crippen molar-refractivity contribution < 1.29 is 27.0 Å². The van der Waals surface area contributed by atoms with Crippen LogP contribution in [0.4, 0.5) is 17.6 Å². The summed E-state index contributed by atoms with van der Waals surface area (Å²) < 4.78 is 59.6. The largest absolute Gasteiger partial charge is 0.573 e. The van der Waals surface area contributed by atoms with Crippen LogP contribution in [0, 0.1) is 5.82 Å². The molecule has 0 radical (unpaired) electrons. The van der Waals surface area contributed by atoms with Crippen molar-refractivity contribution >= 4 is 0 Å². The van der Waals surface area contributed by atoms with Gasteiger partial charge in [0, 0.05) is 6.20 Å². The molecule has 0 aliphatic carbocycles. The van der Waals surface area contributed by atoms with Crippen LogP contribution in [0.5, 0.6) is 11.5 Å². The first-order valence-electron chi connectivity index (χ1n) is 7.59. The van der Waals surface area contributed by atoms with Crippen LogP contribution in [0.2, 0.25) is 0 Å². The average molecular weight is 363 g/mol. The molecule has 0 unspecified atom stereocenters. The highest BCUT2D eigenvalue weighted by Gasteiger charge is 2.30. The highest BCUT2D eigenvalue weighted by Crippen LogP contribution is 2.28. The minimum absolute atomic E-state index is 0.0332. The van der Waals surface area contributed by atoms with Crippen LogP contribution in [0.1, 0.15) is 5.69 Å². The van der Waals surface area contributed by atoms with Crippen LogP contribution in [0.25, 0.3) is 11.1 Å². The minimum Gasteiger partial charge on any atom is -0.487 e. The molecule has 1 heterocycles. The molecule has 26 heavy (non-hydrogen) atoms. The number of alkyl halides is 3. The van der Waals surface area contributed by atoms with Crippen molar-refractivity contribution in [3.8, 4) is 22.6 Å². The molecule has 0 saturated heterocycles. The summed E-state index contributed by atoms with van der Waals surface area (Å²) in [7, 11) is 0. The van der Waals surface area contributed by atoms with Gasteiger partial charge in [0.05, 0.1) is 0 Å². The van der Waals surface area contributed by atoms with Crippen molar-refractivity contribution in [1.29, 1.82) is 0 Å². The number of hydrogen-bond acceptors (Lipinski definition) is 3. The number of benzene rings is 2. The summed E-state index contributed by atoms with van der Waals surface area (Å²) in [6, 6.07) is 15.2. The van der Waals surface area contributed by atoms with Crippen LogP contribution in [-0.4, -0.2) is 11.3 Å². The van der Waals surface area contributed by atoms with E-state index in [-0.39, 0.29) is 18.1 Å². The van der Waals surface area contributed by atoms with Crippen LogP contribution in [0.15, 0.2) is 66.9 Å². The SMILES string of the molecule is Fc1cccnc1COc1cccc(-c2ccc(OC(F)(F)F)cc2)c1. The molecular formula is C19H13F4NO2. The summed E-state index contributed by atoms with van der Waals surface area (Å²) in [6.07, 6.45) is -3.25. The quantitative estimate of drug-likeness (QED) is 0.572. The van der Waals surface area contributed by atoms with Crippen molar-refractivity contribution in [1.82, 2.24) is 4.98 Å². The molecule has 0 atom stereocenters. The molecule has 3 aromatic rings. The molecule has 0 fully saturated rings. The third-order valence-corrected chi connectivity index (χ3v) is 3.47. The average Bonchev–Trinajstić information content (AvgIpc) is 2.61. The summed E-state index contributed by atoms with van der Waals surface area (Å²) in [5.41, 5.74) is 1.61. The molecular weight excluding hydrogens is 350 g/mol. The topological polar surface area (TPSA) is 31.4 Å². The zero-order valence-corrected chi connectivity index (χ0v) is 13.3. The fraction of sp³-hybridized carbons (Fsp3) is 0.105. The van der Waals surface area contributed by atoms with E-state index in [1.165, 1.54) is 42.6 Å². The maximum atomic E-state index is 13.6. The third-order valence-electron chi connectivity index (χ3n) is 3.47. The predicted molar refractivity (Wildman–Crippen MR) is 87.1 cm³/mol. The Morgan fingerprint density at radius 1 is 0.846 bits per heavy atom. The van der Waals surface area contributed by atoms with Gasteiger partial charge in [-0.15, -0.1) is 13.2 Å². The Kier molecular flexibility index (Phi) is 5.06. The van der Waals surface area contributed by atoms with E-state index in [4.69, 9.17) is 4.74 Å². The van der Waals surface area contributed by atoms with Gasteiger partial charge < -0.3 is 9.47 Å². The van der Waals surface area contributed by atoms with Gasteiger partial charge in [0.15, 0.2) is 0 Å². The maximum Gasteiger partial charge on any atom is 0.573 e. The number of pyridine rings is 1. The molecule has 3 rings (SSSR count). The third kappa shape index (κ3) is 4.72. The molecule has 0 N–H and O–H groups in total. The van der Waals surface area contributed by atoms with Crippen molar-refractivity contribution in [2.24, 2.45) is 0 Å². The Balaban J connectivity index is 1.72. The van der Waals surface area contributed by atoms with E-state index >= 15 is 0 Å². The lowest BCUT2D eigenvalue weighted by atomic mass is 10.1. The van der Waals surface area contributed by atoms with Gasteiger partial charge in [-0.25, -0.2) is 4.39 Å². The molecule has 0 aliphatic heterocycles. The highest BCUT2D eigenvalue weighted by molar-refractivity contribution is 5.65. The molecule has 0 bridgehead atoms. The fourth-order valence-corrected chi connectivity index (χ4v) is 2.29. The number of hydrogen-bond donors (Lipinski definition) is 0. The van der Waals surface area contributed by atoms with Gasteiger partial charge in [0.2, 0.25) is 0 Å². The Hall–Kier alpha value is -3.09. The van der Waals surface area contributed by atoms with E-state index in [0.717, 1.165) is 5.56 Å². The number of ether oxygens (including phenoxy) is 2. The molecule has 1 aromatic heterocycles. The van der Waals surface area contributed by atoms with Gasteiger partial charge >= 0.3 is 6.36 Å². The zero-order valence-electron chi connectivity index (χ0n) is 13.3. The van der Waals surface area contributed by atoms with Crippen molar-refractivity contribution in [2.75, 3.05) is 0 Å². The zero-order chi connectivity index (χ0) is 18.6. The smallest absolute Gasteiger partial charge is 0.487 e. The van der Waals surface area contributed by atoms with Crippen molar-refractivity contribution in [3.05, 3.63) is 78.4 Å². The lowest BCUT2D eigenvalue weighted by Crippen LogP contribution is -2.16. The van der Waals surface area contributed by atoms with Gasteiger partial charge in [0.1, 0.15) is 29.6 Å². The normalized spacial score (nSPS) is 11.2. The highest BCUT2D eigenvalue weighted by atomic mass is 19.4. The van der Waals surface area contributed by atoms with Crippen molar-refractivity contribution in [3.63, 3.8) is 0 Å². The molecule has 0 amide bonds. The second-order valence-corrected chi connectivity index (χ2v) is 5.32. The van der Waals surface area contributed by atoms with E-state index in [1.54, 1.807) is 24.3 Å². The summed E-state index contributed by atoms with van der Waals surface area (Å²) in [5, 5.41) is 0. The van der Waals surface area contributed by atoms with Crippen LogP contribution in [-0.2, 0) is 6.61 Å². The standard InChI is InChI=1S/C19H13F4NO2/c20-17-5-2-10-24-18(17)12-25-16-4-1-3-14(11-16)13-6-8-15(9-7-13)26-19(21,22)23/h1-11H,12H2. The number of rotatable bonds is 5. The van der Waals surface area contributed by atoms with Gasteiger partial charge in [-0.05, 0) is 47.5 Å². The van der Waals surface area contributed by atoms with Gasteiger partial charge in [-0.1, -0.05) is 24.3 Å². The maximum absolute atomic E-state index is 13.6. The van der Waals surface area contributed by atoms with Crippen molar-refractivity contribution in [2.45, 2.75) is 13.0 Å². The van der Waals surface area contributed by atoms with E-state index in [0.29, 0.717) is 11.3 Å². The lowest BCUT2D eigenvalue weighted by molar-refractivity contribution is -0.274. The van der Waals surface area contributed by atoms with E-state index in [1.807, 2.05) is 0 Å². The second-order valence-electron chi connectivity index (χ2n) is 5.32. The van der Waals surface area contributed by atoms with E-state index < -0.39 is 12.2 Å². The van der Waals surface area contributed by atoms with Gasteiger partial charge in [0.25, 0.3) is 0 Å². The molecule has 3 nitrogen and oxygen atoms in total. The van der Waals surface area contributed by atoms with Crippen LogP contribution < -0.4 is 9.47 Å². The first kappa shape index (κ1) is 17.7. The summed E-state index contributed by atoms with van der Waals surface area (Å²) >= 11 is 0. The Morgan fingerprint density at radius 3 is 2.31 bits per heavy atom. The molecule has 134 valence electrons. The van der Waals surface area contributed by atoms with Crippen LogP contribution in [0.3, 0.4) is 0 Å². The number of halogens is 4. The van der Waals surface area contributed by atoms with Gasteiger partial charge in [-0.2, -0.15) is 0 Å². The Labute approximate surface area is 146 Å². The fourth-order valence-electron chi connectivity index (χ4n) is 2.29.